The van der Waals surface area contributed by atoms with Crippen molar-refractivity contribution < 1.29 is 19.1 Å². The lowest BCUT2D eigenvalue weighted by Crippen LogP contribution is -2.38. The number of hydrogen-bond acceptors (Lipinski definition) is 5. The molecule has 0 atom stereocenters. The first-order chi connectivity index (χ1) is 11.1. The molecule has 23 heavy (non-hydrogen) atoms. The number of piperidine rings is 1. The standard InChI is InChI=1S/C16H18N2O4S/c19-14(20)2-1-11-3-6-18(7-4-11)16(21)13-10-23-15(17-13)12-5-8-22-9-12/h5,8-11H,1-4,6-7H2,(H,19,20). The number of rotatable bonds is 5. The van der Waals surface area contributed by atoms with E-state index in [4.69, 9.17) is 9.52 Å². The normalized spacial score (nSPS) is 15.7. The fraction of sp³-hybridized carbons (Fsp3) is 0.438. The SMILES string of the molecule is O=C(O)CCC1CCN(C(=O)c2csc(-c3ccoc3)n2)CC1. The molecule has 7 heteroatoms. The molecule has 1 aliphatic heterocycles. The third kappa shape index (κ3) is 3.79. The van der Waals surface area contributed by atoms with Crippen molar-refractivity contribution in [2.24, 2.45) is 5.92 Å². The zero-order chi connectivity index (χ0) is 16.2. The van der Waals surface area contributed by atoms with Crippen molar-refractivity contribution in [2.45, 2.75) is 25.7 Å². The number of carboxylic acid groups (broad SMARTS) is 1. The third-order valence-corrected chi connectivity index (χ3v) is 5.05. The first-order valence-corrected chi connectivity index (χ1v) is 8.50. The largest absolute Gasteiger partial charge is 0.481 e. The lowest BCUT2D eigenvalue weighted by atomic mass is 9.92. The number of carbonyl (C=O) groups excluding carboxylic acids is 1. The van der Waals surface area contributed by atoms with E-state index in [1.807, 2.05) is 11.0 Å². The maximum atomic E-state index is 12.5. The van der Waals surface area contributed by atoms with Crippen molar-refractivity contribution in [3.05, 3.63) is 29.7 Å². The van der Waals surface area contributed by atoms with Crippen LogP contribution in [-0.4, -0.2) is 40.0 Å². The maximum Gasteiger partial charge on any atom is 0.303 e. The molecule has 0 spiro atoms. The molecule has 1 aliphatic rings. The summed E-state index contributed by atoms with van der Waals surface area (Å²) in [4.78, 5) is 29.3. The molecule has 6 nitrogen and oxygen atoms in total. The predicted molar refractivity (Wildman–Crippen MR) is 85.3 cm³/mol. The molecule has 122 valence electrons. The minimum absolute atomic E-state index is 0.0484. The molecule has 0 radical (unpaired) electrons. The number of carbonyl (C=O) groups is 2. The van der Waals surface area contributed by atoms with Crippen LogP contribution in [0.3, 0.4) is 0 Å². The topological polar surface area (TPSA) is 83.6 Å². The molecule has 1 fully saturated rings. The van der Waals surface area contributed by atoms with Crippen molar-refractivity contribution in [1.29, 1.82) is 0 Å². The summed E-state index contributed by atoms with van der Waals surface area (Å²) in [5.74, 6) is -0.405. The van der Waals surface area contributed by atoms with Gasteiger partial charge in [0.15, 0.2) is 0 Å². The van der Waals surface area contributed by atoms with Gasteiger partial charge in [0.25, 0.3) is 5.91 Å². The highest BCUT2D eigenvalue weighted by molar-refractivity contribution is 7.13. The average Bonchev–Trinajstić information content (AvgIpc) is 3.23. The van der Waals surface area contributed by atoms with Gasteiger partial charge in [0.1, 0.15) is 17.0 Å². The molecule has 1 amide bonds. The van der Waals surface area contributed by atoms with Crippen molar-refractivity contribution in [3.63, 3.8) is 0 Å². The minimum atomic E-state index is -0.752. The fourth-order valence-electron chi connectivity index (χ4n) is 2.81. The number of amides is 1. The molecule has 2 aromatic rings. The highest BCUT2D eigenvalue weighted by atomic mass is 32.1. The molecule has 3 rings (SSSR count). The van der Waals surface area contributed by atoms with Gasteiger partial charge in [-0.05, 0) is 31.2 Å². The van der Waals surface area contributed by atoms with E-state index in [2.05, 4.69) is 4.98 Å². The second kappa shape index (κ2) is 6.95. The highest BCUT2D eigenvalue weighted by Crippen LogP contribution is 2.26. The Morgan fingerprint density at radius 1 is 1.39 bits per heavy atom. The van der Waals surface area contributed by atoms with E-state index in [-0.39, 0.29) is 12.3 Å². The van der Waals surface area contributed by atoms with Crippen molar-refractivity contribution in [3.8, 4) is 10.6 Å². The van der Waals surface area contributed by atoms with E-state index in [0.717, 1.165) is 23.4 Å². The Kier molecular flexibility index (Phi) is 4.76. The van der Waals surface area contributed by atoms with Crippen LogP contribution in [0.1, 0.15) is 36.2 Å². The Bertz CT molecular complexity index is 672. The molecule has 1 N–H and O–H groups in total. The smallest absolute Gasteiger partial charge is 0.303 e. The van der Waals surface area contributed by atoms with Gasteiger partial charge in [-0.15, -0.1) is 11.3 Å². The van der Waals surface area contributed by atoms with Crippen LogP contribution < -0.4 is 0 Å². The van der Waals surface area contributed by atoms with Gasteiger partial charge in [-0.25, -0.2) is 4.98 Å². The van der Waals surface area contributed by atoms with Crippen LogP contribution >= 0.6 is 11.3 Å². The van der Waals surface area contributed by atoms with E-state index in [0.29, 0.717) is 31.1 Å². The Morgan fingerprint density at radius 2 is 2.17 bits per heavy atom. The van der Waals surface area contributed by atoms with Crippen molar-refractivity contribution in [2.75, 3.05) is 13.1 Å². The third-order valence-electron chi connectivity index (χ3n) is 4.16. The van der Waals surface area contributed by atoms with Crippen LogP contribution in [0, 0.1) is 5.92 Å². The lowest BCUT2D eigenvalue weighted by molar-refractivity contribution is -0.137. The number of nitrogens with zero attached hydrogens (tertiary/aromatic N) is 2. The quantitative estimate of drug-likeness (QED) is 0.908. The van der Waals surface area contributed by atoms with E-state index in [1.165, 1.54) is 11.3 Å². The lowest BCUT2D eigenvalue weighted by Gasteiger charge is -2.31. The Hall–Kier alpha value is -2.15. The van der Waals surface area contributed by atoms with Crippen LogP contribution in [0.2, 0.25) is 0 Å². The van der Waals surface area contributed by atoms with E-state index >= 15 is 0 Å². The summed E-state index contributed by atoms with van der Waals surface area (Å²) in [6.07, 6.45) is 5.81. The van der Waals surface area contributed by atoms with Crippen LogP contribution in [0.4, 0.5) is 0 Å². The highest BCUT2D eigenvalue weighted by Gasteiger charge is 2.25. The molecule has 0 aromatic carbocycles. The Balaban J connectivity index is 1.56. The number of furan rings is 1. The second-order valence-electron chi connectivity index (χ2n) is 5.72. The maximum absolute atomic E-state index is 12.5. The zero-order valence-electron chi connectivity index (χ0n) is 12.6. The van der Waals surface area contributed by atoms with Gasteiger partial charge in [-0.1, -0.05) is 0 Å². The van der Waals surface area contributed by atoms with Gasteiger partial charge in [-0.3, -0.25) is 9.59 Å². The number of aromatic nitrogens is 1. The first kappa shape index (κ1) is 15.7. The molecule has 3 heterocycles. The van der Waals surface area contributed by atoms with Gasteiger partial charge in [0.05, 0.1) is 6.26 Å². The van der Waals surface area contributed by atoms with Gasteiger partial charge >= 0.3 is 5.97 Å². The minimum Gasteiger partial charge on any atom is -0.481 e. The second-order valence-corrected chi connectivity index (χ2v) is 6.58. The first-order valence-electron chi connectivity index (χ1n) is 7.62. The van der Waals surface area contributed by atoms with Crippen LogP contribution in [0.15, 0.2) is 28.4 Å². The molecular formula is C16H18N2O4S. The average molecular weight is 334 g/mol. The van der Waals surface area contributed by atoms with Crippen LogP contribution in [0.5, 0.6) is 0 Å². The summed E-state index contributed by atoms with van der Waals surface area (Å²) in [5, 5.41) is 11.3. The number of likely N-dealkylation sites (tertiary alicyclic amines) is 1. The van der Waals surface area contributed by atoms with Gasteiger partial charge in [0, 0.05) is 30.5 Å². The molecule has 1 saturated heterocycles. The van der Waals surface area contributed by atoms with E-state index in [9.17, 15) is 9.59 Å². The summed E-state index contributed by atoms with van der Waals surface area (Å²) < 4.78 is 5.04. The summed E-state index contributed by atoms with van der Waals surface area (Å²) in [7, 11) is 0. The number of aliphatic carboxylic acids is 1. The van der Waals surface area contributed by atoms with Crippen molar-refractivity contribution in [1.82, 2.24) is 9.88 Å². The summed E-state index contributed by atoms with van der Waals surface area (Å²) >= 11 is 1.43. The van der Waals surface area contributed by atoms with Crippen LogP contribution in [-0.2, 0) is 4.79 Å². The monoisotopic (exact) mass is 334 g/mol. The molecule has 2 aromatic heterocycles. The van der Waals surface area contributed by atoms with Gasteiger partial charge < -0.3 is 14.4 Å². The number of carboxylic acids is 1. The van der Waals surface area contributed by atoms with Crippen molar-refractivity contribution >= 4 is 23.2 Å². The summed E-state index contributed by atoms with van der Waals surface area (Å²) in [5.41, 5.74) is 1.34. The summed E-state index contributed by atoms with van der Waals surface area (Å²) in [6, 6.07) is 1.82. The van der Waals surface area contributed by atoms with Gasteiger partial charge in [0.2, 0.25) is 0 Å². The summed E-state index contributed by atoms with van der Waals surface area (Å²) in [6.45, 7) is 1.34. The van der Waals surface area contributed by atoms with E-state index in [1.54, 1.807) is 17.9 Å². The molecule has 0 bridgehead atoms. The van der Waals surface area contributed by atoms with Gasteiger partial charge in [-0.2, -0.15) is 0 Å². The molecule has 0 saturated carbocycles. The molecular weight excluding hydrogens is 316 g/mol. The number of hydrogen-bond donors (Lipinski definition) is 1. The predicted octanol–water partition coefficient (Wildman–Crippen LogP) is 3.12. The number of thiazole rings is 1. The fourth-order valence-corrected chi connectivity index (χ4v) is 3.59. The van der Waals surface area contributed by atoms with Crippen LogP contribution in [0.25, 0.3) is 10.6 Å². The van der Waals surface area contributed by atoms with E-state index < -0.39 is 5.97 Å². The Labute approximate surface area is 137 Å². The molecule has 0 unspecified atom stereocenters. The molecule has 0 aliphatic carbocycles. The Morgan fingerprint density at radius 3 is 2.83 bits per heavy atom. The zero-order valence-corrected chi connectivity index (χ0v) is 13.4.